The van der Waals surface area contributed by atoms with Crippen LogP contribution in [0.15, 0.2) is 47.0 Å². The van der Waals surface area contributed by atoms with E-state index in [1.807, 2.05) is 18.2 Å². The highest BCUT2D eigenvalue weighted by Gasteiger charge is 2.23. The molecule has 1 aliphatic heterocycles. The van der Waals surface area contributed by atoms with Crippen molar-refractivity contribution in [1.82, 2.24) is 10.5 Å². The minimum atomic E-state index is -0.281. The summed E-state index contributed by atoms with van der Waals surface area (Å²) in [7, 11) is 0. The summed E-state index contributed by atoms with van der Waals surface area (Å²) in [6, 6.07) is 13.2. The maximum Gasteiger partial charge on any atom is 0.251 e. The number of hydrogen-bond donors (Lipinski definition) is 1. The van der Waals surface area contributed by atoms with Crippen molar-refractivity contribution < 1.29 is 13.7 Å². The molecule has 2 aliphatic rings. The fourth-order valence-corrected chi connectivity index (χ4v) is 6.83. The monoisotopic (exact) mass is 547 g/mol. The van der Waals surface area contributed by atoms with Crippen molar-refractivity contribution in [3.8, 4) is 0 Å². The van der Waals surface area contributed by atoms with E-state index in [-0.39, 0.29) is 11.7 Å². The van der Waals surface area contributed by atoms with Crippen LogP contribution in [0.25, 0.3) is 11.0 Å². The van der Waals surface area contributed by atoms with Crippen molar-refractivity contribution >= 4 is 22.6 Å². The molecule has 0 radical (unpaired) electrons. The topological polar surface area (TPSA) is 58.4 Å². The molecule has 2 aromatic carbocycles. The zero-order chi connectivity index (χ0) is 27.7. The van der Waals surface area contributed by atoms with Crippen molar-refractivity contribution in [2.24, 2.45) is 5.92 Å². The summed E-state index contributed by atoms with van der Waals surface area (Å²) in [5.74, 6) is 0.936. The Kier molecular flexibility index (Phi) is 10.1. The smallest absolute Gasteiger partial charge is 0.251 e. The number of piperidine rings is 1. The van der Waals surface area contributed by atoms with Crippen molar-refractivity contribution in [3.05, 3.63) is 59.5 Å². The summed E-state index contributed by atoms with van der Waals surface area (Å²) >= 11 is 0. The zero-order valence-corrected chi connectivity index (χ0v) is 24.2. The van der Waals surface area contributed by atoms with Gasteiger partial charge in [0.1, 0.15) is 5.82 Å². The molecule has 2 heterocycles. The van der Waals surface area contributed by atoms with E-state index in [0.29, 0.717) is 17.5 Å². The first-order chi connectivity index (χ1) is 19.6. The van der Waals surface area contributed by atoms with Gasteiger partial charge in [0, 0.05) is 47.8 Å². The fourth-order valence-electron chi connectivity index (χ4n) is 6.83. The lowest BCUT2D eigenvalue weighted by atomic mass is 9.82. The number of carbonyl (C=O) groups excluding carboxylic acids is 1. The Balaban J connectivity index is 0.992. The van der Waals surface area contributed by atoms with Gasteiger partial charge in [-0.05, 0) is 100 Å². The molecule has 1 aromatic heterocycles. The number of carbonyl (C=O) groups is 1. The Hall–Kier alpha value is -2.89. The largest absolute Gasteiger partial charge is 0.372 e. The Morgan fingerprint density at radius 2 is 1.77 bits per heavy atom. The number of halogens is 1. The standard InChI is InChI=1S/C34H46FN3O2/c1-2-9-26(33-31-21-16-28(35)24-32(31)40-37-33)11-6-3-5-10-25-12-17-29(18-13-25)36-34(39)27-14-19-30(20-15-27)38-22-7-4-8-23-38/h14-16,19-21,24-26,29H,2-13,17-18,22-23H2,1H3,(H,36,39). The van der Waals surface area contributed by atoms with Crippen LogP contribution in [-0.2, 0) is 0 Å². The highest BCUT2D eigenvalue weighted by Crippen LogP contribution is 2.33. The molecular formula is C34H46FN3O2. The number of anilines is 1. The predicted molar refractivity (Wildman–Crippen MR) is 160 cm³/mol. The maximum absolute atomic E-state index is 13.5. The molecule has 5 rings (SSSR count). The van der Waals surface area contributed by atoms with E-state index in [0.717, 1.165) is 67.8 Å². The van der Waals surface area contributed by atoms with Crippen LogP contribution in [0, 0.1) is 11.7 Å². The molecule has 6 heteroatoms. The Labute approximate surface area is 238 Å². The molecule has 1 N–H and O–H groups in total. The normalized spacial score (nSPS) is 20.5. The van der Waals surface area contributed by atoms with Crippen molar-refractivity contribution in [2.75, 3.05) is 18.0 Å². The van der Waals surface area contributed by atoms with Gasteiger partial charge in [-0.1, -0.05) is 44.2 Å². The van der Waals surface area contributed by atoms with E-state index in [1.165, 1.54) is 75.6 Å². The average Bonchev–Trinajstić information content (AvgIpc) is 3.40. The molecule has 40 heavy (non-hydrogen) atoms. The highest BCUT2D eigenvalue weighted by atomic mass is 19.1. The predicted octanol–water partition coefficient (Wildman–Crippen LogP) is 8.78. The fraction of sp³-hybridized carbons (Fsp3) is 0.588. The van der Waals surface area contributed by atoms with E-state index in [2.05, 4.69) is 34.4 Å². The maximum atomic E-state index is 13.5. The van der Waals surface area contributed by atoms with Crippen LogP contribution in [0.5, 0.6) is 0 Å². The van der Waals surface area contributed by atoms with Crippen LogP contribution in [0.3, 0.4) is 0 Å². The first-order valence-corrected chi connectivity index (χ1v) is 15.8. The van der Waals surface area contributed by atoms with Gasteiger partial charge >= 0.3 is 0 Å². The first-order valence-electron chi connectivity index (χ1n) is 15.8. The summed E-state index contributed by atoms with van der Waals surface area (Å²) in [5.41, 5.74) is 3.56. The molecule has 1 amide bonds. The summed E-state index contributed by atoms with van der Waals surface area (Å²) < 4.78 is 19.0. The average molecular weight is 548 g/mol. The number of amides is 1. The Morgan fingerprint density at radius 1 is 1.00 bits per heavy atom. The molecule has 1 unspecified atom stereocenters. The Morgan fingerprint density at radius 3 is 2.52 bits per heavy atom. The molecule has 0 spiro atoms. The lowest BCUT2D eigenvalue weighted by Gasteiger charge is -2.30. The second-order valence-corrected chi connectivity index (χ2v) is 12.1. The second-order valence-electron chi connectivity index (χ2n) is 12.1. The van der Waals surface area contributed by atoms with Crippen molar-refractivity contribution in [2.45, 2.75) is 109 Å². The van der Waals surface area contributed by atoms with Crippen LogP contribution < -0.4 is 10.2 Å². The van der Waals surface area contributed by atoms with Crippen LogP contribution in [0.1, 0.15) is 119 Å². The molecule has 3 aromatic rings. The molecule has 5 nitrogen and oxygen atoms in total. The molecule has 1 saturated heterocycles. The quantitative estimate of drug-likeness (QED) is 0.230. The lowest BCUT2D eigenvalue weighted by molar-refractivity contribution is 0.0921. The van der Waals surface area contributed by atoms with E-state index < -0.39 is 0 Å². The Bertz CT molecular complexity index is 1210. The van der Waals surface area contributed by atoms with Gasteiger partial charge in [-0.3, -0.25) is 4.79 Å². The van der Waals surface area contributed by atoms with Gasteiger partial charge in [0.15, 0.2) is 5.58 Å². The molecule has 0 bridgehead atoms. The van der Waals surface area contributed by atoms with Gasteiger partial charge < -0.3 is 14.7 Å². The highest BCUT2D eigenvalue weighted by molar-refractivity contribution is 5.94. The molecule has 1 atom stereocenters. The van der Waals surface area contributed by atoms with Gasteiger partial charge in [-0.25, -0.2) is 4.39 Å². The van der Waals surface area contributed by atoms with Gasteiger partial charge in [0.05, 0.1) is 5.69 Å². The zero-order valence-electron chi connectivity index (χ0n) is 24.2. The summed E-state index contributed by atoms with van der Waals surface area (Å²) in [6.07, 6.45) is 16.7. The van der Waals surface area contributed by atoms with Crippen molar-refractivity contribution in [1.29, 1.82) is 0 Å². The van der Waals surface area contributed by atoms with E-state index in [9.17, 15) is 9.18 Å². The van der Waals surface area contributed by atoms with Crippen LogP contribution in [0.4, 0.5) is 10.1 Å². The van der Waals surface area contributed by atoms with Gasteiger partial charge in [0.25, 0.3) is 5.91 Å². The van der Waals surface area contributed by atoms with Gasteiger partial charge in [0.2, 0.25) is 0 Å². The molecule has 2 fully saturated rings. The number of fused-ring (bicyclic) bond motifs is 1. The second kappa shape index (κ2) is 14.1. The van der Waals surface area contributed by atoms with E-state index in [4.69, 9.17) is 4.52 Å². The third kappa shape index (κ3) is 7.44. The molecule has 1 saturated carbocycles. The number of aromatic nitrogens is 1. The lowest BCUT2D eigenvalue weighted by Crippen LogP contribution is -2.37. The van der Waals surface area contributed by atoms with E-state index in [1.54, 1.807) is 0 Å². The number of unbranched alkanes of at least 4 members (excludes halogenated alkanes) is 2. The number of nitrogens with zero attached hydrogens (tertiary/aromatic N) is 2. The summed E-state index contributed by atoms with van der Waals surface area (Å²) in [4.78, 5) is 15.3. The first kappa shape index (κ1) is 28.6. The molecular weight excluding hydrogens is 501 g/mol. The molecule has 216 valence electrons. The SMILES string of the molecule is CCCC(CCCCCC1CCC(NC(=O)c2ccc(N3CCCCC3)cc2)CC1)c1noc2cc(F)ccc12. The number of rotatable bonds is 12. The summed E-state index contributed by atoms with van der Waals surface area (Å²) in [5, 5.41) is 8.58. The third-order valence-electron chi connectivity index (χ3n) is 9.18. The van der Waals surface area contributed by atoms with Crippen molar-refractivity contribution in [3.63, 3.8) is 0 Å². The van der Waals surface area contributed by atoms with Gasteiger partial charge in [-0.15, -0.1) is 0 Å². The van der Waals surface area contributed by atoms with Crippen LogP contribution in [0.2, 0.25) is 0 Å². The number of hydrogen-bond acceptors (Lipinski definition) is 4. The third-order valence-corrected chi connectivity index (χ3v) is 9.18. The summed E-state index contributed by atoms with van der Waals surface area (Å²) in [6.45, 7) is 4.45. The van der Waals surface area contributed by atoms with Gasteiger partial charge in [-0.2, -0.15) is 0 Å². The minimum absolute atomic E-state index is 0.0697. The van der Waals surface area contributed by atoms with E-state index >= 15 is 0 Å². The molecule has 1 aliphatic carbocycles. The minimum Gasteiger partial charge on any atom is -0.372 e. The number of nitrogens with one attached hydrogen (secondary N) is 1. The number of benzene rings is 2. The van der Waals surface area contributed by atoms with Crippen LogP contribution >= 0.6 is 0 Å². The van der Waals surface area contributed by atoms with Crippen LogP contribution in [-0.4, -0.2) is 30.2 Å².